The van der Waals surface area contributed by atoms with E-state index in [1.807, 2.05) is 30.0 Å². The van der Waals surface area contributed by atoms with Gasteiger partial charge in [0.2, 0.25) is 5.91 Å². The van der Waals surface area contributed by atoms with E-state index >= 15 is 0 Å². The number of carbonyl (C=O) groups is 1. The molecule has 2 aromatic rings. The fourth-order valence-electron chi connectivity index (χ4n) is 3.03. The first-order valence-electron chi connectivity index (χ1n) is 9.19. The highest BCUT2D eigenvalue weighted by Gasteiger charge is 2.21. The number of aromatic nitrogens is 2. The maximum absolute atomic E-state index is 12.4. The van der Waals surface area contributed by atoms with Crippen molar-refractivity contribution in [3.8, 4) is 5.75 Å². The second-order valence-electron chi connectivity index (χ2n) is 6.48. The second kappa shape index (κ2) is 8.65. The minimum atomic E-state index is 0.147. The molecule has 0 saturated carbocycles. The molecule has 3 rings (SSSR count). The first-order chi connectivity index (χ1) is 12.7. The highest BCUT2D eigenvalue weighted by molar-refractivity contribution is 5.76. The van der Waals surface area contributed by atoms with Gasteiger partial charge in [-0.3, -0.25) is 4.79 Å². The monoisotopic (exact) mass is 354 g/mol. The van der Waals surface area contributed by atoms with Crippen molar-refractivity contribution in [1.29, 1.82) is 0 Å². The molecule has 1 amide bonds. The van der Waals surface area contributed by atoms with Crippen molar-refractivity contribution in [2.24, 2.45) is 0 Å². The lowest BCUT2D eigenvalue weighted by Crippen LogP contribution is -2.49. The molecule has 26 heavy (non-hydrogen) atoms. The molecule has 0 aliphatic carbocycles. The van der Waals surface area contributed by atoms with Crippen LogP contribution in [-0.2, 0) is 11.2 Å². The molecule has 1 aliphatic rings. The van der Waals surface area contributed by atoms with Crippen molar-refractivity contribution in [1.82, 2.24) is 14.9 Å². The van der Waals surface area contributed by atoms with E-state index in [1.165, 1.54) is 5.56 Å². The van der Waals surface area contributed by atoms with E-state index in [-0.39, 0.29) is 5.91 Å². The zero-order valence-electron chi connectivity index (χ0n) is 15.5. The van der Waals surface area contributed by atoms with Gasteiger partial charge in [-0.15, -0.1) is 0 Å². The minimum Gasteiger partial charge on any atom is -0.493 e. The summed E-state index contributed by atoms with van der Waals surface area (Å²) in [4.78, 5) is 24.9. The third kappa shape index (κ3) is 4.71. The summed E-state index contributed by atoms with van der Waals surface area (Å²) >= 11 is 0. The lowest BCUT2D eigenvalue weighted by molar-refractivity contribution is -0.132. The van der Waals surface area contributed by atoms with Gasteiger partial charge in [-0.1, -0.05) is 19.1 Å². The number of amides is 1. The second-order valence-corrected chi connectivity index (χ2v) is 6.48. The molecule has 0 spiro atoms. The van der Waals surface area contributed by atoms with E-state index in [9.17, 15) is 4.79 Å². The predicted octanol–water partition coefficient (Wildman–Crippen LogP) is 2.47. The van der Waals surface area contributed by atoms with E-state index in [4.69, 9.17) is 4.74 Å². The van der Waals surface area contributed by atoms with E-state index in [2.05, 4.69) is 33.9 Å². The third-order valence-corrected chi connectivity index (χ3v) is 4.66. The maximum atomic E-state index is 12.4. The molecule has 0 unspecified atom stereocenters. The van der Waals surface area contributed by atoms with Crippen LogP contribution in [0.1, 0.15) is 24.6 Å². The van der Waals surface area contributed by atoms with Crippen LogP contribution in [-0.4, -0.2) is 53.6 Å². The quantitative estimate of drug-likeness (QED) is 0.798. The number of nitrogens with zero attached hydrogens (tertiary/aromatic N) is 4. The standard InChI is InChI=1S/C20H26N4O2/c1-3-17-4-6-18(7-5-17)26-13-8-20(25)24-11-9-23(10-12-24)19-14-16(2)21-15-22-19/h4-7,14-15H,3,8-13H2,1-2H3. The Morgan fingerprint density at radius 3 is 2.50 bits per heavy atom. The van der Waals surface area contributed by atoms with Crippen LogP contribution in [0.2, 0.25) is 0 Å². The molecule has 1 aliphatic heterocycles. The summed E-state index contributed by atoms with van der Waals surface area (Å²) in [6.07, 6.45) is 3.01. The Morgan fingerprint density at radius 2 is 1.85 bits per heavy atom. The number of hydrogen-bond acceptors (Lipinski definition) is 5. The molecule has 2 heterocycles. The van der Waals surface area contributed by atoms with E-state index < -0.39 is 0 Å². The fourth-order valence-corrected chi connectivity index (χ4v) is 3.03. The van der Waals surface area contributed by atoms with Crippen LogP contribution in [0.5, 0.6) is 5.75 Å². The number of carbonyl (C=O) groups excluding carboxylic acids is 1. The van der Waals surface area contributed by atoms with Crippen molar-refractivity contribution in [3.63, 3.8) is 0 Å². The van der Waals surface area contributed by atoms with E-state index in [0.29, 0.717) is 26.1 Å². The van der Waals surface area contributed by atoms with Crippen LogP contribution in [0, 0.1) is 6.92 Å². The zero-order valence-corrected chi connectivity index (χ0v) is 15.5. The Hall–Kier alpha value is -2.63. The summed E-state index contributed by atoms with van der Waals surface area (Å²) in [5.41, 5.74) is 2.24. The van der Waals surface area contributed by atoms with Crippen LogP contribution >= 0.6 is 0 Å². The largest absolute Gasteiger partial charge is 0.493 e. The first kappa shape index (κ1) is 18.2. The molecule has 0 bridgehead atoms. The Morgan fingerprint density at radius 1 is 1.12 bits per heavy atom. The van der Waals surface area contributed by atoms with Crippen LogP contribution in [0.3, 0.4) is 0 Å². The molecule has 6 nitrogen and oxygen atoms in total. The number of anilines is 1. The number of piperazine rings is 1. The molecule has 0 radical (unpaired) electrons. The molecule has 1 aromatic carbocycles. The van der Waals surface area contributed by atoms with Crippen LogP contribution in [0.25, 0.3) is 0 Å². The van der Waals surface area contributed by atoms with Gasteiger partial charge in [0.1, 0.15) is 17.9 Å². The average molecular weight is 354 g/mol. The Balaban J connectivity index is 1.42. The summed E-state index contributed by atoms with van der Waals surface area (Å²) in [5, 5.41) is 0. The number of hydrogen-bond donors (Lipinski definition) is 0. The van der Waals surface area contributed by atoms with Crippen LogP contribution in [0.4, 0.5) is 5.82 Å². The summed E-state index contributed by atoms with van der Waals surface area (Å²) in [6.45, 7) is 7.51. The zero-order chi connectivity index (χ0) is 18.4. The molecule has 0 N–H and O–H groups in total. The number of ether oxygens (including phenoxy) is 1. The molecule has 1 fully saturated rings. The van der Waals surface area contributed by atoms with Gasteiger partial charge in [-0.2, -0.15) is 0 Å². The Bertz CT molecular complexity index is 725. The van der Waals surface area contributed by atoms with Gasteiger partial charge >= 0.3 is 0 Å². The van der Waals surface area contributed by atoms with Gasteiger partial charge in [0.05, 0.1) is 13.0 Å². The molecule has 1 saturated heterocycles. The molecule has 6 heteroatoms. The molecule has 0 atom stereocenters. The van der Waals surface area contributed by atoms with Gasteiger partial charge in [-0.05, 0) is 31.0 Å². The van der Waals surface area contributed by atoms with Crippen molar-refractivity contribution in [2.75, 3.05) is 37.7 Å². The molecular formula is C20H26N4O2. The van der Waals surface area contributed by atoms with Gasteiger partial charge in [0.25, 0.3) is 0 Å². The van der Waals surface area contributed by atoms with E-state index in [1.54, 1.807) is 6.33 Å². The van der Waals surface area contributed by atoms with E-state index in [0.717, 1.165) is 36.8 Å². The first-order valence-corrected chi connectivity index (χ1v) is 9.19. The smallest absolute Gasteiger partial charge is 0.226 e. The Kier molecular flexibility index (Phi) is 6.04. The van der Waals surface area contributed by atoms with Gasteiger partial charge < -0.3 is 14.5 Å². The maximum Gasteiger partial charge on any atom is 0.226 e. The average Bonchev–Trinajstić information content (AvgIpc) is 2.68. The topological polar surface area (TPSA) is 58.6 Å². The lowest BCUT2D eigenvalue weighted by Gasteiger charge is -2.35. The van der Waals surface area contributed by atoms with Gasteiger partial charge in [0, 0.05) is 37.9 Å². The normalized spacial score (nSPS) is 14.4. The fraction of sp³-hybridized carbons (Fsp3) is 0.450. The number of rotatable bonds is 6. The van der Waals surface area contributed by atoms with Crippen molar-refractivity contribution >= 4 is 11.7 Å². The third-order valence-electron chi connectivity index (χ3n) is 4.66. The summed E-state index contributed by atoms with van der Waals surface area (Å²) in [6, 6.07) is 10.0. The predicted molar refractivity (Wildman–Crippen MR) is 101 cm³/mol. The van der Waals surface area contributed by atoms with Crippen molar-refractivity contribution < 1.29 is 9.53 Å². The highest BCUT2D eigenvalue weighted by Crippen LogP contribution is 2.15. The minimum absolute atomic E-state index is 0.147. The van der Waals surface area contributed by atoms with Crippen molar-refractivity contribution in [3.05, 3.63) is 47.9 Å². The lowest BCUT2D eigenvalue weighted by atomic mass is 10.2. The molecular weight excluding hydrogens is 328 g/mol. The van der Waals surface area contributed by atoms with Gasteiger partial charge in [-0.25, -0.2) is 9.97 Å². The summed E-state index contributed by atoms with van der Waals surface area (Å²) < 4.78 is 5.70. The van der Waals surface area contributed by atoms with Crippen LogP contribution < -0.4 is 9.64 Å². The highest BCUT2D eigenvalue weighted by atomic mass is 16.5. The Labute approximate surface area is 154 Å². The molecule has 1 aromatic heterocycles. The number of benzene rings is 1. The van der Waals surface area contributed by atoms with Crippen LogP contribution in [0.15, 0.2) is 36.7 Å². The summed E-state index contributed by atoms with van der Waals surface area (Å²) in [5.74, 6) is 1.90. The molecule has 138 valence electrons. The van der Waals surface area contributed by atoms with Gasteiger partial charge in [0.15, 0.2) is 0 Å². The SMILES string of the molecule is CCc1ccc(OCCC(=O)N2CCN(c3cc(C)ncn3)CC2)cc1. The summed E-state index contributed by atoms with van der Waals surface area (Å²) in [7, 11) is 0. The van der Waals surface area contributed by atoms with Crippen molar-refractivity contribution in [2.45, 2.75) is 26.7 Å². The number of aryl methyl sites for hydroxylation is 2.